The molecule has 1 saturated heterocycles. The first-order valence-electron chi connectivity index (χ1n) is 7.49. The maximum Gasteiger partial charge on any atom is 0.494 e. The van der Waals surface area contributed by atoms with Gasteiger partial charge in [0.2, 0.25) is 0 Å². The second-order valence-electron chi connectivity index (χ2n) is 6.67. The zero-order valence-corrected chi connectivity index (χ0v) is 13.9. The third-order valence-electron chi connectivity index (χ3n) is 4.50. The van der Waals surface area contributed by atoms with E-state index in [0.717, 1.165) is 6.07 Å². The van der Waals surface area contributed by atoms with Crippen LogP contribution in [-0.2, 0) is 15.5 Å². The van der Waals surface area contributed by atoms with E-state index in [9.17, 15) is 18.0 Å². The van der Waals surface area contributed by atoms with Crippen LogP contribution in [0.15, 0.2) is 18.2 Å². The molecule has 0 radical (unpaired) electrons. The Morgan fingerprint density at radius 1 is 1.13 bits per heavy atom. The maximum absolute atomic E-state index is 13.3. The number of hydrogen-bond acceptors (Lipinski definition) is 3. The van der Waals surface area contributed by atoms with E-state index < -0.39 is 35.8 Å². The lowest BCUT2D eigenvalue weighted by atomic mass is 9.77. The van der Waals surface area contributed by atoms with Crippen LogP contribution >= 0.6 is 0 Å². The lowest BCUT2D eigenvalue weighted by Crippen LogP contribution is -2.41. The molecule has 1 heterocycles. The Kier molecular flexibility index (Phi) is 4.41. The van der Waals surface area contributed by atoms with E-state index in [4.69, 9.17) is 9.31 Å². The second kappa shape index (κ2) is 5.63. The van der Waals surface area contributed by atoms with Gasteiger partial charge in [0, 0.05) is 12.0 Å². The summed E-state index contributed by atoms with van der Waals surface area (Å²) in [5.41, 5.74) is -2.30. The predicted octanol–water partition coefficient (Wildman–Crippen LogP) is 3.60. The van der Waals surface area contributed by atoms with Crippen LogP contribution in [0.2, 0.25) is 0 Å². The van der Waals surface area contributed by atoms with E-state index in [1.165, 1.54) is 19.1 Å². The van der Waals surface area contributed by atoms with E-state index in [-0.39, 0.29) is 17.4 Å². The molecule has 0 aromatic heterocycles. The van der Waals surface area contributed by atoms with Crippen LogP contribution < -0.4 is 5.46 Å². The van der Waals surface area contributed by atoms with Gasteiger partial charge in [-0.2, -0.15) is 13.2 Å². The number of halogens is 3. The summed E-state index contributed by atoms with van der Waals surface area (Å²) in [7, 11) is -0.896. The third kappa shape index (κ3) is 3.31. The Labute approximate surface area is 134 Å². The average molecular weight is 328 g/mol. The highest BCUT2D eigenvalue weighted by Gasteiger charge is 2.52. The number of alkyl halides is 3. The standard InChI is InChI=1S/C16H20BF3O3/c1-6-13(21)11-8-7-10(9-12(11)16(18,19)20)17-22-14(2,3)15(4,5)23-17/h7-9H,6H2,1-5H3. The summed E-state index contributed by atoms with van der Waals surface area (Å²) in [5, 5.41) is 0. The van der Waals surface area contributed by atoms with E-state index >= 15 is 0 Å². The lowest BCUT2D eigenvalue weighted by Gasteiger charge is -2.32. The van der Waals surface area contributed by atoms with E-state index in [0.29, 0.717) is 0 Å². The number of hydrogen-bond donors (Lipinski definition) is 0. The summed E-state index contributed by atoms with van der Waals surface area (Å²) in [6, 6.07) is 3.61. The molecule has 0 N–H and O–H groups in total. The summed E-state index contributed by atoms with van der Waals surface area (Å²) in [6.07, 6.45) is -4.60. The molecule has 0 aliphatic carbocycles. The molecule has 0 spiro atoms. The van der Waals surface area contributed by atoms with Crippen molar-refractivity contribution in [3.05, 3.63) is 29.3 Å². The predicted molar refractivity (Wildman–Crippen MR) is 81.8 cm³/mol. The van der Waals surface area contributed by atoms with Gasteiger partial charge in [0.05, 0.1) is 16.8 Å². The van der Waals surface area contributed by atoms with Crippen LogP contribution in [0, 0.1) is 0 Å². The molecule has 1 aliphatic rings. The van der Waals surface area contributed by atoms with Crippen molar-refractivity contribution >= 4 is 18.4 Å². The van der Waals surface area contributed by atoms with Gasteiger partial charge in [-0.05, 0) is 39.2 Å². The maximum atomic E-state index is 13.3. The fraction of sp³-hybridized carbons (Fsp3) is 0.562. The third-order valence-corrected chi connectivity index (χ3v) is 4.50. The first-order valence-corrected chi connectivity index (χ1v) is 7.49. The lowest BCUT2D eigenvalue weighted by molar-refractivity contribution is -0.137. The second-order valence-corrected chi connectivity index (χ2v) is 6.67. The number of carbonyl (C=O) groups excluding carboxylic acids is 1. The van der Waals surface area contributed by atoms with Gasteiger partial charge in [-0.15, -0.1) is 0 Å². The number of Topliss-reactive ketones (excluding diaryl/α,β-unsaturated/α-hetero) is 1. The summed E-state index contributed by atoms with van der Waals surface area (Å²) in [4.78, 5) is 11.8. The van der Waals surface area contributed by atoms with Crippen LogP contribution in [0.5, 0.6) is 0 Å². The van der Waals surface area contributed by atoms with Crippen molar-refractivity contribution in [3.8, 4) is 0 Å². The van der Waals surface area contributed by atoms with Crippen LogP contribution in [0.4, 0.5) is 13.2 Å². The number of carbonyl (C=O) groups is 1. The Hall–Kier alpha value is -1.34. The smallest absolute Gasteiger partial charge is 0.399 e. The van der Waals surface area contributed by atoms with Crippen molar-refractivity contribution in [1.82, 2.24) is 0 Å². The zero-order valence-electron chi connectivity index (χ0n) is 13.9. The van der Waals surface area contributed by atoms with Crippen LogP contribution in [0.3, 0.4) is 0 Å². The van der Waals surface area contributed by atoms with Crippen LogP contribution in [0.1, 0.15) is 57.0 Å². The molecule has 0 atom stereocenters. The van der Waals surface area contributed by atoms with Crippen molar-refractivity contribution in [2.24, 2.45) is 0 Å². The first-order chi connectivity index (χ1) is 10.4. The van der Waals surface area contributed by atoms with E-state index in [1.54, 1.807) is 0 Å². The van der Waals surface area contributed by atoms with Gasteiger partial charge in [0.15, 0.2) is 5.78 Å². The molecule has 2 rings (SSSR count). The molecule has 1 aliphatic heterocycles. The van der Waals surface area contributed by atoms with Gasteiger partial charge in [0.1, 0.15) is 0 Å². The largest absolute Gasteiger partial charge is 0.494 e. The minimum atomic E-state index is -4.61. The molecule has 7 heteroatoms. The minimum Gasteiger partial charge on any atom is -0.399 e. The monoisotopic (exact) mass is 328 g/mol. The van der Waals surface area contributed by atoms with Gasteiger partial charge in [0.25, 0.3) is 0 Å². The number of ketones is 1. The van der Waals surface area contributed by atoms with Gasteiger partial charge < -0.3 is 9.31 Å². The Balaban J connectivity index is 2.45. The summed E-state index contributed by atoms with van der Waals surface area (Å²) in [6.45, 7) is 8.84. The molecule has 23 heavy (non-hydrogen) atoms. The van der Waals surface area contributed by atoms with Crippen molar-refractivity contribution < 1.29 is 27.3 Å². The average Bonchev–Trinajstić information content (AvgIpc) is 2.65. The van der Waals surface area contributed by atoms with Crippen molar-refractivity contribution in [2.45, 2.75) is 58.4 Å². The molecule has 126 valence electrons. The normalized spacial score (nSPS) is 19.9. The molecule has 0 unspecified atom stereocenters. The molecular formula is C16H20BF3O3. The fourth-order valence-corrected chi connectivity index (χ4v) is 2.36. The van der Waals surface area contributed by atoms with Crippen molar-refractivity contribution in [2.75, 3.05) is 0 Å². The molecule has 0 bridgehead atoms. The van der Waals surface area contributed by atoms with Gasteiger partial charge in [-0.1, -0.05) is 19.1 Å². The molecule has 1 aromatic rings. The van der Waals surface area contributed by atoms with Gasteiger partial charge >= 0.3 is 13.3 Å². The van der Waals surface area contributed by atoms with Gasteiger partial charge in [-0.25, -0.2) is 0 Å². The first kappa shape index (κ1) is 18.0. The van der Waals surface area contributed by atoms with Gasteiger partial charge in [-0.3, -0.25) is 4.79 Å². The fourth-order valence-electron chi connectivity index (χ4n) is 2.36. The molecule has 0 amide bonds. The van der Waals surface area contributed by atoms with Crippen LogP contribution in [-0.4, -0.2) is 24.1 Å². The molecular weight excluding hydrogens is 308 g/mol. The quantitative estimate of drug-likeness (QED) is 0.628. The number of benzene rings is 1. The Morgan fingerprint density at radius 3 is 2.09 bits per heavy atom. The highest BCUT2D eigenvalue weighted by atomic mass is 19.4. The van der Waals surface area contributed by atoms with Crippen molar-refractivity contribution in [3.63, 3.8) is 0 Å². The molecule has 0 saturated carbocycles. The summed E-state index contributed by atoms with van der Waals surface area (Å²) >= 11 is 0. The highest BCUT2D eigenvalue weighted by molar-refractivity contribution is 6.62. The molecule has 1 aromatic carbocycles. The molecule has 3 nitrogen and oxygen atoms in total. The van der Waals surface area contributed by atoms with Crippen molar-refractivity contribution in [1.29, 1.82) is 0 Å². The van der Waals surface area contributed by atoms with Crippen LogP contribution in [0.25, 0.3) is 0 Å². The Morgan fingerprint density at radius 2 is 1.65 bits per heavy atom. The highest BCUT2D eigenvalue weighted by Crippen LogP contribution is 2.37. The number of rotatable bonds is 3. The summed E-state index contributed by atoms with van der Waals surface area (Å²) < 4.78 is 51.4. The van der Waals surface area contributed by atoms with E-state index in [1.807, 2.05) is 27.7 Å². The minimum absolute atomic E-state index is 0.0128. The Bertz CT molecular complexity index is 607. The topological polar surface area (TPSA) is 35.5 Å². The van der Waals surface area contributed by atoms with E-state index in [2.05, 4.69) is 0 Å². The zero-order chi connectivity index (χ0) is 17.6. The molecule has 1 fully saturated rings. The SMILES string of the molecule is CCC(=O)c1ccc(B2OC(C)(C)C(C)(C)O2)cc1C(F)(F)F. The summed E-state index contributed by atoms with van der Waals surface area (Å²) in [5.74, 6) is -0.544.